The molecule has 4 rings (SSSR count). The molecule has 1 aliphatic heterocycles. The molecule has 6 heteroatoms. The van der Waals surface area contributed by atoms with E-state index in [1.54, 1.807) is 10.9 Å². The fourth-order valence-electron chi connectivity index (χ4n) is 2.95. The molecule has 3 aromatic rings. The fourth-order valence-corrected chi connectivity index (χ4v) is 2.95. The van der Waals surface area contributed by atoms with E-state index in [1.165, 1.54) is 0 Å². The highest BCUT2D eigenvalue weighted by molar-refractivity contribution is 6.04. The largest absolute Gasteiger partial charge is 0.464 e. The Morgan fingerprint density at radius 1 is 1.38 bits per heavy atom. The van der Waals surface area contributed by atoms with E-state index in [1.807, 2.05) is 25.4 Å². The fraction of sp³-hybridized carbons (Fsp3) is 0.267. The number of hydrogen-bond acceptors (Lipinski definition) is 4. The molecule has 1 saturated heterocycles. The highest BCUT2D eigenvalue weighted by atomic mass is 16.3. The Morgan fingerprint density at radius 2 is 2.24 bits per heavy atom. The summed E-state index contributed by atoms with van der Waals surface area (Å²) in [5.74, 6) is -0.809. The number of aromatic nitrogens is 2. The summed E-state index contributed by atoms with van der Waals surface area (Å²) in [6, 6.07) is 3.86. The first kappa shape index (κ1) is 12.1. The zero-order valence-electron chi connectivity index (χ0n) is 11.4. The molecule has 3 heterocycles. The Hall–Kier alpha value is -2.63. The summed E-state index contributed by atoms with van der Waals surface area (Å²) in [6.07, 6.45) is 4.40. The molecule has 2 aromatic heterocycles. The molecule has 1 fully saturated rings. The summed E-state index contributed by atoms with van der Waals surface area (Å²) in [4.78, 5) is 23.3. The minimum Gasteiger partial charge on any atom is -0.464 e. The molecule has 106 valence electrons. The number of fused-ring (bicyclic) bond motifs is 2. The monoisotopic (exact) mass is 283 g/mol. The van der Waals surface area contributed by atoms with E-state index in [-0.39, 0.29) is 17.7 Å². The van der Waals surface area contributed by atoms with Crippen LogP contribution in [-0.4, -0.2) is 21.6 Å². The number of nitrogens with one attached hydrogen (secondary N) is 1. The molecule has 0 bridgehead atoms. The first-order valence-corrected chi connectivity index (χ1v) is 6.80. The molecule has 1 N–H and O–H groups in total. The van der Waals surface area contributed by atoms with Crippen LogP contribution in [0.1, 0.15) is 24.3 Å². The van der Waals surface area contributed by atoms with Crippen LogP contribution in [-0.2, 0) is 16.6 Å². The van der Waals surface area contributed by atoms with Gasteiger partial charge in [0.1, 0.15) is 5.58 Å². The number of carbonyl (C=O) groups excluding carboxylic acids is 2. The van der Waals surface area contributed by atoms with Gasteiger partial charge in [-0.05, 0) is 18.6 Å². The zero-order valence-corrected chi connectivity index (χ0v) is 11.4. The van der Waals surface area contributed by atoms with E-state index in [4.69, 9.17) is 4.42 Å². The SMILES string of the molecule is Cn1cc2cc3occ([C@H]4CCC(=O)NC4=O)c3cc2n1. The average molecular weight is 283 g/mol. The predicted octanol–water partition coefficient (Wildman–Crippen LogP) is 1.84. The van der Waals surface area contributed by atoms with Crippen molar-refractivity contribution in [2.45, 2.75) is 18.8 Å². The van der Waals surface area contributed by atoms with E-state index < -0.39 is 0 Å². The number of aryl methyl sites for hydroxylation is 1. The lowest BCUT2D eigenvalue weighted by molar-refractivity contribution is -0.134. The van der Waals surface area contributed by atoms with Crippen molar-refractivity contribution in [3.63, 3.8) is 0 Å². The lowest BCUT2D eigenvalue weighted by Crippen LogP contribution is -2.39. The third-order valence-corrected chi connectivity index (χ3v) is 3.96. The van der Waals surface area contributed by atoms with Crippen molar-refractivity contribution in [2.75, 3.05) is 0 Å². The van der Waals surface area contributed by atoms with Gasteiger partial charge < -0.3 is 4.42 Å². The Kier molecular flexibility index (Phi) is 2.42. The van der Waals surface area contributed by atoms with E-state index in [9.17, 15) is 9.59 Å². The van der Waals surface area contributed by atoms with Crippen molar-refractivity contribution < 1.29 is 14.0 Å². The molecule has 1 aromatic carbocycles. The van der Waals surface area contributed by atoms with Crippen LogP contribution in [0.25, 0.3) is 21.9 Å². The summed E-state index contributed by atoms with van der Waals surface area (Å²) in [5.41, 5.74) is 2.41. The molecule has 1 aliphatic rings. The van der Waals surface area contributed by atoms with Gasteiger partial charge in [0.2, 0.25) is 11.8 Å². The maximum atomic E-state index is 12.0. The Balaban J connectivity index is 1.87. The summed E-state index contributed by atoms with van der Waals surface area (Å²) in [7, 11) is 1.86. The summed E-state index contributed by atoms with van der Waals surface area (Å²) in [6.45, 7) is 0. The van der Waals surface area contributed by atoms with Crippen LogP contribution >= 0.6 is 0 Å². The highest BCUT2D eigenvalue weighted by Gasteiger charge is 2.30. The Bertz CT molecular complexity index is 890. The minimum absolute atomic E-state index is 0.212. The van der Waals surface area contributed by atoms with Crippen LogP contribution in [0.15, 0.2) is 29.0 Å². The van der Waals surface area contributed by atoms with Gasteiger partial charge in [0, 0.05) is 36.0 Å². The van der Waals surface area contributed by atoms with Gasteiger partial charge in [-0.2, -0.15) is 5.10 Å². The molecule has 0 spiro atoms. The maximum absolute atomic E-state index is 12.0. The molecule has 0 aliphatic carbocycles. The number of hydrogen-bond donors (Lipinski definition) is 1. The maximum Gasteiger partial charge on any atom is 0.234 e. The highest BCUT2D eigenvalue weighted by Crippen LogP contribution is 2.34. The zero-order chi connectivity index (χ0) is 14.6. The van der Waals surface area contributed by atoms with Crippen LogP contribution in [0.4, 0.5) is 0 Å². The first-order chi connectivity index (χ1) is 10.1. The lowest BCUT2D eigenvalue weighted by atomic mass is 9.90. The van der Waals surface area contributed by atoms with Crippen molar-refractivity contribution in [3.05, 3.63) is 30.2 Å². The van der Waals surface area contributed by atoms with Gasteiger partial charge in [0.25, 0.3) is 0 Å². The average Bonchev–Trinajstić information content (AvgIpc) is 2.98. The second kappa shape index (κ2) is 4.18. The third kappa shape index (κ3) is 1.83. The van der Waals surface area contributed by atoms with Crippen molar-refractivity contribution in [1.29, 1.82) is 0 Å². The second-order valence-electron chi connectivity index (χ2n) is 5.40. The second-order valence-corrected chi connectivity index (χ2v) is 5.40. The number of carbonyl (C=O) groups is 2. The Labute approximate surface area is 119 Å². The minimum atomic E-state index is -0.342. The van der Waals surface area contributed by atoms with Crippen LogP contribution in [0.2, 0.25) is 0 Å². The molecule has 0 radical (unpaired) electrons. The normalized spacial score (nSPS) is 19.4. The van der Waals surface area contributed by atoms with Crippen molar-refractivity contribution >= 4 is 33.7 Å². The molecule has 21 heavy (non-hydrogen) atoms. The number of amides is 2. The topological polar surface area (TPSA) is 77.1 Å². The molecule has 2 amide bonds. The van der Waals surface area contributed by atoms with Crippen LogP contribution in [0.3, 0.4) is 0 Å². The van der Waals surface area contributed by atoms with Gasteiger partial charge in [-0.3, -0.25) is 19.6 Å². The van der Waals surface area contributed by atoms with Gasteiger partial charge >= 0.3 is 0 Å². The summed E-state index contributed by atoms with van der Waals surface area (Å²) < 4.78 is 7.34. The van der Waals surface area contributed by atoms with Gasteiger partial charge in [-0.25, -0.2) is 0 Å². The quantitative estimate of drug-likeness (QED) is 0.691. The molecular formula is C15H13N3O3. The third-order valence-electron chi connectivity index (χ3n) is 3.96. The lowest BCUT2D eigenvalue weighted by Gasteiger charge is -2.19. The van der Waals surface area contributed by atoms with E-state index in [2.05, 4.69) is 10.4 Å². The Morgan fingerprint density at radius 3 is 3.05 bits per heavy atom. The van der Waals surface area contributed by atoms with Crippen molar-refractivity contribution in [3.8, 4) is 0 Å². The molecule has 0 saturated carbocycles. The number of furan rings is 1. The van der Waals surface area contributed by atoms with Crippen molar-refractivity contribution in [1.82, 2.24) is 15.1 Å². The number of rotatable bonds is 1. The first-order valence-electron chi connectivity index (χ1n) is 6.80. The van der Waals surface area contributed by atoms with E-state index >= 15 is 0 Å². The van der Waals surface area contributed by atoms with E-state index in [0.717, 1.165) is 27.4 Å². The molecule has 6 nitrogen and oxygen atoms in total. The van der Waals surface area contributed by atoms with Crippen LogP contribution in [0, 0.1) is 0 Å². The van der Waals surface area contributed by atoms with Crippen LogP contribution in [0.5, 0.6) is 0 Å². The van der Waals surface area contributed by atoms with E-state index in [0.29, 0.717) is 12.8 Å². The van der Waals surface area contributed by atoms with Gasteiger partial charge in [0.05, 0.1) is 17.7 Å². The number of piperidine rings is 1. The molecular weight excluding hydrogens is 270 g/mol. The number of nitrogens with zero attached hydrogens (tertiary/aromatic N) is 2. The van der Waals surface area contributed by atoms with Gasteiger partial charge in [0.15, 0.2) is 0 Å². The number of imide groups is 1. The number of benzene rings is 1. The molecule has 1 atom stereocenters. The van der Waals surface area contributed by atoms with Gasteiger partial charge in [-0.1, -0.05) is 0 Å². The van der Waals surface area contributed by atoms with Gasteiger partial charge in [-0.15, -0.1) is 0 Å². The molecule has 0 unspecified atom stereocenters. The van der Waals surface area contributed by atoms with Crippen molar-refractivity contribution in [2.24, 2.45) is 7.05 Å². The summed E-state index contributed by atoms with van der Waals surface area (Å²) in [5, 5.41) is 8.64. The predicted molar refractivity (Wildman–Crippen MR) is 75.6 cm³/mol. The smallest absolute Gasteiger partial charge is 0.234 e. The standard InChI is InChI=1S/C15H13N3O3/c1-18-6-8-4-13-10(5-12(8)17-18)11(7-21-13)9-2-3-14(19)16-15(9)20/h4-7,9H,2-3H2,1H3,(H,16,19,20)/t9-/m1/s1. The van der Waals surface area contributed by atoms with Crippen LogP contribution < -0.4 is 5.32 Å². The summed E-state index contributed by atoms with van der Waals surface area (Å²) >= 11 is 0.